The summed E-state index contributed by atoms with van der Waals surface area (Å²) < 4.78 is 28.8. The zero-order chi connectivity index (χ0) is 14.0. The lowest BCUT2D eigenvalue weighted by Crippen LogP contribution is -2.07. The standard InChI is InChI=1S/C12H7Br2NO3S/c13-8-1-4-10(5-2-8)19(17,18)15-9-3-6-12(16)11(14)7-9/h1-7H. The molecule has 0 N–H and O–H groups in total. The van der Waals surface area contributed by atoms with Gasteiger partial charge in [-0.2, -0.15) is 12.8 Å². The van der Waals surface area contributed by atoms with E-state index in [0.717, 1.165) is 4.47 Å². The normalized spacial score (nSPS) is 17.7. The fourth-order valence-electron chi connectivity index (χ4n) is 1.34. The third-order valence-electron chi connectivity index (χ3n) is 2.25. The molecule has 19 heavy (non-hydrogen) atoms. The summed E-state index contributed by atoms with van der Waals surface area (Å²) in [4.78, 5) is 11.3. The molecular formula is C12H7Br2NO3S. The highest BCUT2D eigenvalue weighted by Crippen LogP contribution is 2.19. The summed E-state index contributed by atoms with van der Waals surface area (Å²) in [6.07, 6.45) is 4.00. The highest BCUT2D eigenvalue weighted by atomic mass is 79.9. The van der Waals surface area contributed by atoms with Gasteiger partial charge in [-0.15, -0.1) is 0 Å². The van der Waals surface area contributed by atoms with Crippen LogP contribution in [0.3, 0.4) is 0 Å². The average molecular weight is 405 g/mol. The first-order valence-electron chi connectivity index (χ1n) is 5.09. The van der Waals surface area contributed by atoms with Gasteiger partial charge >= 0.3 is 0 Å². The maximum absolute atomic E-state index is 12.0. The third kappa shape index (κ3) is 3.49. The first-order valence-corrected chi connectivity index (χ1v) is 8.11. The van der Waals surface area contributed by atoms with Gasteiger partial charge in [0.25, 0.3) is 10.0 Å². The number of nitrogens with zero attached hydrogens (tertiary/aromatic N) is 1. The van der Waals surface area contributed by atoms with Crippen LogP contribution in [0.4, 0.5) is 0 Å². The van der Waals surface area contributed by atoms with Crippen LogP contribution in [-0.2, 0) is 14.8 Å². The molecule has 0 aromatic heterocycles. The summed E-state index contributed by atoms with van der Waals surface area (Å²) in [6, 6.07) is 6.16. The van der Waals surface area contributed by atoms with Gasteiger partial charge in [-0.05, 0) is 58.4 Å². The van der Waals surface area contributed by atoms with Gasteiger partial charge < -0.3 is 0 Å². The van der Waals surface area contributed by atoms with Gasteiger partial charge in [0.05, 0.1) is 15.1 Å². The molecular weight excluding hydrogens is 398 g/mol. The Morgan fingerprint density at radius 3 is 2.21 bits per heavy atom. The lowest BCUT2D eigenvalue weighted by atomic mass is 10.2. The summed E-state index contributed by atoms with van der Waals surface area (Å²) in [5.41, 5.74) is 0.203. The van der Waals surface area contributed by atoms with Crippen LogP contribution >= 0.6 is 31.9 Å². The number of carbonyl (C=O) groups is 1. The topological polar surface area (TPSA) is 63.6 Å². The number of carbonyl (C=O) groups excluding carboxylic acids is 1. The van der Waals surface area contributed by atoms with Crippen LogP contribution in [0.1, 0.15) is 0 Å². The van der Waals surface area contributed by atoms with Crippen LogP contribution in [0.2, 0.25) is 0 Å². The van der Waals surface area contributed by atoms with Gasteiger partial charge in [0.2, 0.25) is 0 Å². The summed E-state index contributed by atoms with van der Waals surface area (Å²) in [7, 11) is -3.78. The van der Waals surface area contributed by atoms with E-state index in [2.05, 4.69) is 36.3 Å². The minimum Gasteiger partial charge on any atom is -0.289 e. The number of sulfonamides is 1. The lowest BCUT2D eigenvalue weighted by molar-refractivity contribution is -0.110. The maximum atomic E-state index is 12.0. The molecule has 1 aromatic rings. The van der Waals surface area contributed by atoms with E-state index in [-0.39, 0.29) is 20.9 Å². The van der Waals surface area contributed by atoms with Crippen molar-refractivity contribution >= 4 is 53.4 Å². The highest BCUT2D eigenvalue weighted by molar-refractivity contribution is 9.12. The molecule has 0 fully saturated rings. The van der Waals surface area contributed by atoms with Crippen molar-refractivity contribution in [3.8, 4) is 0 Å². The molecule has 1 aliphatic carbocycles. The molecule has 1 aromatic carbocycles. The van der Waals surface area contributed by atoms with Gasteiger partial charge in [0, 0.05) is 4.47 Å². The van der Waals surface area contributed by atoms with Crippen molar-refractivity contribution in [1.29, 1.82) is 0 Å². The van der Waals surface area contributed by atoms with Crippen molar-refractivity contribution in [2.75, 3.05) is 0 Å². The predicted octanol–water partition coefficient (Wildman–Crippen LogP) is 3.00. The molecule has 0 radical (unpaired) electrons. The van der Waals surface area contributed by atoms with Gasteiger partial charge in [-0.3, -0.25) is 4.79 Å². The first kappa shape index (κ1) is 14.4. The number of halogens is 2. The second kappa shape index (κ2) is 5.52. The summed E-state index contributed by atoms with van der Waals surface area (Å²) in [5.74, 6) is -0.222. The minimum atomic E-state index is -3.78. The van der Waals surface area contributed by atoms with Crippen molar-refractivity contribution in [2.45, 2.75) is 4.90 Å². The van der Waals surface area contributed by atoms with Gasteiger partial charge in [0.15, 0.2) is 5.78 Å². The molecule has 0 atom stereocenters. The van der Waals surface area contributed by atoms with Crippen LogP contribution in [0, 0.1) is 0 Å². The zero-order valence-electron chi connectivity index (χ0n) is 9.38. The van der Waals surface area contributed by atoms with Crippen LogP contribution in [0.25, 0.3) is 0 Å². The highest BCUT2D eigenvalue weighted by Gasteiger charge is 2.15. The van der Waals surface area contributed by atoms with Crippen LogP contribution in [0.5, 0.6) is 0 Å². The molecule has 98 valence electrons. The number of hydrogen-bond acceptors (Lipinski definition) is 3. The van der Waals surface area contributed by atoms with Crippen molar-refractivity contribution in [3.63, 3.8) is 0 Å². The van der Waals surface area contributed by atoms with Crippen molar-refractivity contribution in [3.05, 3.63) is 51.4 Å². The summed E-state index contributed by atoms with van der Waals surface area (Å²) >= 11 is 6.28. The van der Waals surface area contributed by atoms with E-state index in [1.165, 1.54) is 30.4 Å². The average Bonchev–Trinajstić information content (AvgIpc) is 2.34. The van der Waals surface area contributed by atoms with E-state index >= 15 is 0 Å². The minimum absolute atomic E-state index is 0.0954. The summed E-state index contributed by atoms with van der Waals surface area (Å²) in [6.45, 7) is 0. The molecule has 4 nitrogen and oxygen atoms in total. The van der Waals surface area contributed by atoms with Crippen LogP contribution < -0.4 is 0 Å². The number of hydrogen-bond donors (Lipinski definition) is 0. The van der Waals surface area contributed by atoms with E-state index < -0.39 is 10.0 Å². The van der Waals surface area contributed by atoms with E-state index in [1.54, 1.807) is 12.1 Å². The second-order valence-corrected chi connectivity index (χ2v) is 7.01. The monoisotopic (exact) mass is 403 g/mol. The van der Waals surface area contributed by atoms with Crippen molar-refractivity contribution in [1.82, 2.24) is 0 Å². The Bertz CT molecular complexity index is 716. The quantitative estimate of drug-likeness (QED) is 0.711. The van der Waals surface area contributed by atoms with Crippen molar-refractivity contribution < 1.29 is 13.2 Å². The molecule has 7 heteroatoms. The Morgan fingerprint density at radius 2 is 1.63 bits per heavy atom. The van der Waals surface area contributed by atoms with E-state index in [4.69, 9.17) is 0 Å². The lowest BCUT2D eigenvalue weighted by Gasteiger charge is -2.03. The maximum Gasteiger partial charge on any atom is 0.282 e. The molecule has 0 unspecified atom stereocenters. The van der Waals surface area contributed by atoms with Crippen molar-refractivity contribution in [2.24, 2.45) is 4.40 Å². The Hall–Kier alpha value is -1.05. The number of benzene rings is 1. The Kier molecular flexibility index (Phi) is 4.17. The van der Waals surface area contributed by atoms with Crippen LogP contribution in [0.15, 0.2) is 60.7 Å². The van der Waals surface area contributed by atoms with E-state index in [9.17, 15) is 13.2 Å². The molecule has 0 saturated heterocycles. The fraction of sp³-hybridized carbons (Fsp3) is 0. The predicted molar refractivity (Wildman–Crippen MR) is 79.9 cm³/mol. The molecule has 0 spiro atoms. The summed E-state index contributed by atoms with van der Waals surface area (Å²) in [5, 5.41) is 0. The molecule has 1 aliphatic rings. The molecule has 0 aliphatic heterocycles. The second-order valence-electron chi connectivity index (χ2n) is 3.63. The van der Waals surface area contributed by atoms with E-state index in [1.807, 2.05) is 0 Å². The Morgan fingerprint density at radius 1 is 1.00 bits per heavy atom. The van der Waals surface area contributed by atoms with Gasteiger partial charge in [-0.1, -0.05) is 15.9 Å². The van der Waals surface area contributed by atoms with Gasteiger partial charge in [-0.25, -0.2) is 0 Å². The zero-order valence-corrected chi connectivity index (χ0v) is 13.4. The molecule has 0 saturated carbocycles. The molecule has 0 heterocycles. The third-order valence-corrected chi connectivity index (χ3v) is 4.72. The number of rotatable bonds is 2. The Balaban J connectivity index is 2.40. The number of ketones is 1. The Labute approximate surface area is 127 Å². The SMILES string of the molecule is O=C1C=CC(=NS(=O)(=O)c2ccc(Br)cc2)C=C1Br. The van der Waals surface area contributed by atoms with Gasteiger partial charge in [0.1, 0.15) is 0 Å². The number of allylic oxidation sites excluding steroid dienone is 4. The van der Waals surface area contributed by atoms with Crippen LogP contribution in [-0.4, -0.2) is 19.9 Å². The van der Waals surface area contributed by atoms with E-state index in [0.29, 0.717) is 0 Å². The molecule has 2 rings (SSSR count). The molecule has 0 bridgehead atoms. The molecule has 0 amide bonds. The fourth-order valence-corrected chi connectivity index (χ4v) is 2.95. The smallest absolute Gasteiger partial charge is 0.282 e. The largest absolute Gasteiger partial charge is 0.289 e. The first-order chi connectivity index (χ1) is 8.88.